The van der Waals surface area contributed by atoms with Gasteiger partial charge in [0.25, 0.3) is 5.91 Å². The number of aliphatic imine (C=N–C) groups is 1. The second kappa shape index (κ2) is 8.06. The van der Waals surface area contributed by atoms with Crippen molar-refractivity contribution in [2.24, 2.45) is 16.6 Å². The van der Waals surface area contributed by atoms with Crippen LogP contribution in [-0.2, 0) is 15.8 Å². The zero-order valence-electron chi connectivity index (χ0n) is 14.1. The molecule has 3 atom stereocenters. The van der Waals surface area contributed by atoms with Crippen molar-refractivity contribution >= 4 is 28.4 Å². The number of amidine groups is 1. The van der Waals surface area contributed by atoms with Gasteiger partial charge in [-0.3, -0.25) is 9.52 Å². The number of nitrogens with zero attached hydrogens (tertiary/aromatic N) is 2. The Hall–Kier alpha value is -2.48. The molecule has 1 unspecified atom stereocenters. The molecular formula is C17H21FN4O2S. The number of nitrogens with one attached hydrogen (secondary N) is 1. The zero-order chi connectivity index (χ0) is 18.6. The molecule has 1 aliphatic rings. The first-order valence-corrected chi connectivity index (χ1v) is 8.95. The van der Waals surface area contributed by atoms with E-state index in [1.807, 2.05) is 11.8 Å². The number of amides is 1. The van der Waals surface area contributed by atoms with E-state index in [9.17, 15) is 13.4 Å². The van der Waals surface area contributed by atoms with Crippen LogP contribution >= 0.6 is 0 Å². The lowest BCUT2D eigenvalue weighted by Gasteiger charge is -2.46. The highest BCUT2D eigenvalue weighted by Gasteiger charge is 2.33. The molecule has 0 saturated carbocycles. The summed E-state index contributed by atoms with van der Waals surface area (Å²) in [5.74, 6) is -0.0524. The Morgan fingerprint density at radius 3 is 2.60 bits per heavy atom. The third kappa shape index (κ3) is 4.76. The number of benzene rings is 1. The number of carbonyl (C=O) groups excluding carboxylic acids is 1. The fraction of sp³-hybridized carbons (Fsp3) is 0.294. The lowest BCUT2D eigenvalue weighted by Crippen LogP contribution is -2.55. The molecule has 1 saturated heterocycles. The van der Waals surface area contributed by atoms with Gasteiger partial charge >= 0.3 is 0 Å². The van der Waals surface area contributed by atoms with E-state index in [1.165, 1.54) is 18.2 Å². The highest BCUT2D eigenvalue weighted by molar-refractivity contribution is 7.86. The van der Waals surface area contributed by atoms with E-state index in [4.69, 9.17) is 5.73 Å². The Morgan fingerprint density at radius 1 is 1.44 bits per heavy atom. The molecule has 3 N–H and O–H groups in total. The summed E-state index contributed by atoms with van der Waals surface area (Å²) in [6, 6.07) is 5.94. The normalized spacial score (nSPS) is 22.1. The monoisotopic (exact) mass is 364 g/mol. The Balaban J connectivity index is 2.30. The van der Waals surface area contributed by atoms with E-state index < -0.39 is 16.9 Å². The molecule has 1 aliphatic heterocycles. The van der Waals surface area contributed by atoms with Crippen molar-refractivity contribution in [3.8, 4) is 0 Å². The summed E-state index contributed by atoms with van der Waals surface area (Å²) in [6.45, 7) is 8.26. The summed E-state index contributed by atoms with van der Waals surface area (Å²) < 4.78 is 26.6. The molecule has 1 heterocycles. The molecule has 25 heavy (non-hydrogen) atoms. The quantitative estimate of drug-likeness (QED) is 0.475. The summed E-state index contributed by atoms with van der Waals surface area (Å²) >= 11 is 0. The molecule has 0 spiro atoms. The minimum Gasteiger partial charge on any atom is -0.394 e. The molecule has 134 valence electrons. The van der Waals surface area contributed by atoms with Crippen LogP contribution in [0.2, 0.25) is 0 Å². The second-order valence-corrected chi connectivity index (χ2v) is 6.94. The van der Waals surface area contributed by atoms with E-state index in [1.54, 1.807) is 12.1 Å². The van der Waals surface area contributed by atoms with Gasteiger partial charge in [0.1, 0.15) is 28.3 Å². The topological polar surface area (TPSA) is 87.8 Å². The Labute approximate surface area is 148 Å². The fourth-order valence-corrected chi connectivity index (χ4v) is 2.71. The molecule has 6 nitrogen and oxygen atoms in total. The number of nitrogens with two attached hydrogens (primary N) is 1. The standard InChI is InChI=1S/C17H21FN4O2S/c1-4-25(24)21-17(23)15(19)9-16(22-10-11(2)12(22)3)20-14-7-5-13(18)6-8-14/h4-9,11-12H,1,10,19H2,2-3H3,(H,21,23)/b15-9-,20-16?/t11-,12+,25?/m0/s1. The van der Waals surface area contributed by atoms with Crippen molar-refractivity contribution in [3.63, 3.8) is 0 Å². The van der Waals surface area contributed by atoms with Crippen LogP contribution in [0.25, 0.3) is 0 Å². The highest BCUT2D eigenvalue weighted by Crippen LogP contribution is 2.26. The Bertz CT molecular complexity index is 746. The third-order valence-electron chi connectivity index (χ3n) is 4.06. The van der Waals surface area contributed by atoms with Gasteiger partial charge in [0, 0.05) is 24.1 Å². The van der Waals surface area contributed by atoms with Crippen LogP contribution in [0, 0.1) is 11.7 Å². The first-order valence-electron chi connectivity index (χ1n) is 7.74. The van der Waals surface area contributed by atoms with Crippen molar-refractivity contribution in [2.45, 2.75) is 19.9 Å². The molecular weight excluding hydrogens is 343 g/mol. The molecule has 1 amide bonds. The summed E-state index contributed by atoms with van der Waals surface area (Å²) in [5, 5.41) is 1.10. The molecule has 2 rings (SSSR count). The van der Waals surface area contributed by atoms with Gasteiger partial charge in [0.15, 0.2) is 0 Å². The summed E-state index contributed by atoms with van der Waals surface area (Å²) in [7, 11) is -1.70. The largest absolute Gasteiger partial charge is 0.394 e. The first-order chi connectivity index (χ1) is 11.8. The predicted octanol–water partition coefficient (Wildman–Crippen LogP) is 1.96. The van der Waals surface area contributed by atoms with Gasteiger partial charge in [0.2, 0.25) is 0 Å². The fourth-order valence-electron chi connectivity index (χ4n) is 2.32. The average molecular weight is 364 g/mol. The van der Waals surface area contributed by atoms with Gasteiger partial charge in [0.05, 0.1) is 5.69 Å². The van der Waals surface area contributed by atoms with Crippen molar-refractivity contribution in [3.05, 3.63) is 53.8 Å². The number of rotatable bonds is 5. The molecule has 0 bridgehead atoms. The van der Waals surface area contributed by atoms with Gasteiger partial charge in [-0.05, 0) is 37.1 Å². The maximum Gasteiger partial charge on any atom is 0.279 e. The minimum absolute atomic E-state index is 0.122. The summed E-state index contributed by atoms with van der Waals surface area (Å²) in [4.78, 5) is 18.4. The van der Waals surface area contributed by atoms with E-state index in [0.29, 0.717) is 17.4 Å². The number of hydrogen-bond acceptors (Lipinski definition) is 4. The first kappa shape index (κ1) is 18.9. The van der Waals surface area contributed by atoms with Gasteiger partial charge in [-0.2, -0.15) is 0 Å². The predicted molar refractivity (Wildman–Crippen MR) is 97.6 cm³/mol. The average Bonchev–Trinajstić information content (AvgIpc) is 2.60. The van der Waals surface area contributed by atoms with E-state index in [2.05, 4.69) is 23.2 Å². The molecule has 1 aromatic carbocycles. The molecule has 8 heteroatoms. The van der Waals surface area contributed by atoms with Crippen molar-refractivity contribution in [1.82, 2.24) is 9.62 Å². The van der Waals surface area contributed by atoms with Gasteiger partial charge in [-0.25, -0.2) is 13.6 Å². The van der Waals surface area contributed by atoms with Crippen molar-refractivity contribution < 1.29 is 13.4 Å². The van der Waals surface area contributed by atoms with E-state index in [0.717, 1.165) is 12.0 Å². The van der Waals surface area contributed by atoms with Crippen LogP contribution in [0.3, 0.4) is 0 Å². The van der Waals surface area contributed by atoms with E-state index in [-0.39, 0.29) is 17.6 Å². The third-order valence-corrected chi connectivity index (χ3v) is 4.75. The molecule has 0 aliphatic carbocycles. The molecule has 1 aromatic rings. The molecule has 0 radical (unpaired) electrons. The number of hydrogen-bond donors (Lipinski definition) is 2. The number of likely N-dealkylation sites (tertiary alicyclic amines) is 1. The van der Waals surface area contributed by atoms with Gasteiger partial charge in [-0.1, -0.05) is 13.5 Å². The maximum absolute atomic E-state index is 13.1. The van der Waals surface area contributed by atoms with Crippen LogP contribution in [-0.4, -0.2) is 33.4 Å². The lowest BCUT2D eigenvalue weighted by atomic mass is 9.91. The van der Waals surface area contributed by atoms with Crippen LogP contribution in [0.4, 0.5) is 10.1 Å². The Morgan fingerprint density at radius 2 is 2.08 bits per heavy atom. The SMILES string of the molecule is C=CS(=O)NC(=O)/C(N)=C/C(=Nc1ccc(F)cc1)N1C[C@H](C)[C@H]1C. The summed E-state index contributed by atoms with van der Waals surface area (Å²) in [6.07, 6.45) is 1.43. The van der Waals surface area contributed by atoms with Gasteiger partial charge in [-0.15, -0.1) is 0 Å². The summed E-state index contributed by atoms with van der Waals surface area (Å²) in [5.41, 5.74) is 6.23. The Kier molecular flexibility index (Phi) is 6.08. The highest BCUT2D eigenvalue weighted by atomic mass is 32.2. The smallest absolute Gasteiger partial charge is 0.279 e. The second-order valence-electron chi connectivity index (χ2n) is 5.81. The van der Waals surface area contributed by atoms with E-state index >= 15 is 0 Å². The molecule has 1 fully saturated rings. The van der Waals surface area contributed by atoms with Gasteiger partial charge < -0.3 is 10.6 Å². The van der Waals surface area contributed by atoms with Crippen LogP contribution < -0.4 is 10.5 Å². The van der Waals surface area contributed by atoms with Crippen LogP contribution in [0.15, 0.2) is 53.0 Å². The maximum atomic E-state index is 13.1. The minimum atomic E-state index is -1.70. The van der Waals surface area contributed by atoms with Crippen molar-refractivity contribution in [1.29, 1.82) is 0 Å². The van der Waals surface area contributed by atoms with Crippen molar-refractivity contribution in [2.75, 3.05) is 6.54 Å². The van der Waals surface area contributed by atoms with Crippen LogP contribution in [0.5, 0.6) is 0 Å². The number of halogens is 1. The van der Waals surface area contributed by atoms with Crippen LogP contribution in [0.1, 0.15) is 13.8 Å². The lowest BCUT2D eigenvalue weighted by molar-refractivity contribution is -0.115. The zero-order valence-corrected chi connectivity index (χ0v) is 14.9. The molecule has 0 aromatic heterocycles. The number of carbonyl (C=O) groups is 1.